The molecule has 106 valence electrons. The predicted octanol–water partition coefficient (Wildman–Crippen LogP) is 1.61. The van der Waals surface area contributed by atoms with E-state index in [9.17, 15) is 4.79 Å². The van der Waals surface area contributed by atoms with Gasteiger partial charge in [-0.25, -0.2) is 0 Å². The van der Waals surface area contributed by atoms with E-state index in [-0.39, 0.29) is 5.91 Å². The first-order chi connectivity index (χ1) is 9.19. The van der Waals surface area contributed by atoms with E-state index in [0.717, 1.165) is 38.2 Å². The second-order valence-corrected chi connectivity index (χ2v) is 4.58. The van der Waals surface area contributed by atoms with Crippen molar-refractivity contribution in [1.82, 2.24) is 10.2 Å². The Morgan fingerprint density at radius 1 is 1.26 bits per heavy atom. The van der Waals surface area contributed by atoms with E-state index in [1.54, 1.807) is 6.07 Å². The fraction of sp³-hybridized carbons (Fsp3) is 0.533. The lowest BCUT2D eigenvalue weighted by molar-refractivity contribution is 0.0999. The molecule has 0 saturated carbocycles. The highest BCUT2D eigenvalue weighted by atomic mass is 16.1. The van der Waals surface area contributed by atoms with Gasteiger partial charge in [-0.05, 0) is 44.2 Å². The van der Waals surface area contributed by atoms with Gasteiger partial charge in [0.15, 0.2) is 0 Å². The molecule has 1 rings (SSSR count). The number of benzene rings is 1. The number of nitrogens with one attached hydrogen (secondary N) is 1. The molecule has 1 aromatic carbocycles. The molecular weight excluding hydrogens is 238 g/mol. The highest BCUT2D eigenvalue weighted by Gasteiger charge is 2.06. The summed E-state index contributed by atoms with van der Waals surface area (Å²) in [6.45, 7) is 9.31. The summed E-state index contributed by atoms with van der Waals surface area (Å²) in [5.74, 6) is -0.361. The van der Waals surface area contributed by atoms with Crippen LogP contribution in [0.5, 0.6) is 0 Å². The molecule has 0 spiro atoms. The van der Waals surface area contributed by atoms with Crippen LogP contribution in [-0.2, 0) is 6.54 Å². The largest absolute Gasteiger partial charge is 0.366 e. The third kappa shape index (κ3) is 5.41. The molecule has 3 N–H and O–H groups in total. The Kier molecular flexibility index (Phi) is 7.15. The van der Waals surface area contributed by atoms with E-state index in [0.29, 0.717) is 12.1 Å². The minimum absolute atomic E-state index is 0.361. The summed E-state index contributed by atoms with van der Waals surface area (Å²) >= 11 is 0. The number of hydrogen-bond donors (Lipinski definition) is 2. The lowest BCUT2D eigenvalue weighted by atomic mass is 10.1. The number of rotatable bonds is 9. The van der Waals surface area contributed by atoms with Gasteiger partial charge in [-0.2, -0.15) is 0 Å². The fourth-order valence-electron chi connectivity index (χ4n) is 2.11. The number of carbonyl (C=O) groups excluding carboxylic acids is 1. The second-order valence-electron chi connectivity index (χ2n) is 4.58. The average molecular weight is 263 g/mol. The number of amides is 1. The minimum atomic E-state index is -0.361. The SMILES string of the molecule is CCN(CC)CCCNCc1ccccc1C(N)=O. The zero-order valence-corrected chi connectivity index (χ0v) is 12.0. The monoisotopic (exact) mass is 263 g/mol. The standard InChI is InChI=1S/C15H25N3O/c1-3-18(4-2)11-7-10-17-12-13-8-5-6-9-14(13)15(16)19/h5-6,8-9,17H,3-4,7,10-12H2,1-2H3,(H2,16,19). The van der Waals surface area contributed by atoms with Gasteiger partial charge >= 0.3 is 0 Å². The number of primary amides is 1. The molecule has 4 heteroatoms. The van der Waals surface area contributed by atoms with E-state index in [2.05, 4.69) is 24.1 Å². The predicted molar refractivity (Wildman–Crippen MR) is 79.1 cm³/mol. The van der Waals surface area contributed by atoms with Crippen LogP contribution < -0.4 is 11.1 Å². The molecule has 0 atom stereocenters. The topological polar surface area (TPSA) is 58.4 Å². The van der Waals surface area contributed by atoms with E-state index in [1.807, 2.05) is 18.2 Å². The van der Waals surface area contributed by atoms with Crippen LogP contribution in [0.1, 0.15) is 36.2 Å². The van der Waals surface area contributed by atoms with Gasteiger partial charge in [-0.1, -0.05) is 32.0 Å². The summed E-state index contributed by atoms with van der Waals surface area (Å²) in [7, 11) is 0. The molecule has 0 fully saturated rings. The van der Waals surface area contributed by atoms with Crippen molar-refractivity contribution >= 4 is 5.91 Å². The molecule has 1 amide bonds. The van der Waals surface area contributed by atoms with Crippen molar-refractivity contribution in [1.29, 1.82) is 0 Å². The molecule has 0 aliphatic carbocycles. The molecule has 0 unspecified atom stereocenters. The van der Waals surface area contributed by atoms with Crippen LogP contribution >= 0.6 is 0 Å². The van der Waals surface area contributed by atoms with Gasteiger partial charge in [-0.3, -0.25) is 4.79 Å². The fourth-order valence-corrected chi connectivity index (χ4v) is 2.11. The molecule has 0 saturated heterocycles. The molecule has 0 bridgehead atoms. The zero-order chi connectivity index (χ0) is 14.1. The van der Waals surface area contributed by atoms with Crippen molar-refractivity contribution in [3.05, 3.63) is 35.4 Å². The van der Waals surface area contributed by atoms with Crippen LogP contribution in [-0.4, -0.2) is 37.0 Å². The summed E-state index contributed by atoms with van der Waals surface area (Å²) in [6, 6.07) is 7.48. The van der Waals surface area contributed by atoms with E-state index >= 15 is 0 Å². The van der Waals surface area contributed by atoms with Gasteiger partial charge in [0.1, 0.15) is 0 Å². The zero-order valence-electron chi connectivity index (χ0n) is 12.0. The third-order valence-electron chi connectivity index (χ3n) is 3.32. The molecule has 0 radical (unpaired) electrons. The number of nitrogens with zero attached hydrogens (tertiary/aromatic N) is 1. The Labute approximate surface area is 116 Å². The van der Waals surface area contributed by atoms with Crippen molar-refractivity contribution in [2.24, 2.45) is 5.73 Å². The Hall–Kier alpha value is -1.39. The number of nitrogens with two attached hydrogens (primary N) is 1. The van der Waals surface area contributed by atoms with Crippen LogP contribution in [0.4, 0.5) is 0 Å². The van der Waals surface area contributed by atoms with E-state index in [1.165, 1.54) is 0 Å². The first-order valence-electron chi connectivity index (χ1n) is 6.99. The quantitative estimate of drug-likeness (QED) is 0.665. The van der Waals surface area contributed by atoms with E-state index < -0.39 is 0 Å². The minimum Gasteiger partial charge on any atom is -0.366 e. The maximum atomic E-state index is 11.3. The summed E-state index contributed by atoms with van der Waals surface area (Å²) in [4.78, 5) is 13.7. The summed E-state index contributed by atoms with van der Waals surface area (Å²) in [6.07, 6.45) is 1.11. The molecule has 0 heterocycles. The van der Waals surface area contributed by atoms with Crippen molar-refractivity contribution in [2.75, 3.05) is 26.2 Å². The highest BCUT2D eigenvalue weighted by Crippen LogP contribution is 2.07. The van der Waals surface area contributed by atoms with Crippen LogP contribution in [0.15, 0.2) is 24.3 Å². The van der Waals surface area contributed by atoms with Crippen LogP contribution in [0.3, 0.4) is 0 Å². The Morgan fingerprint density at radius 2 is 1.95 bits per heavy atom. The normalized spacial score (nSPS) is 10.9. The molecule has 4 nitrogen and oxygen atoms in total. The van der Waals surface area contributed by atoms with Gasteiger partial charge in [0, 0.05) is 12.1 Å². The summed E-state index contributed by atoms with van der Waals surface area (Å²) in [5, 5.41) is 3.37. The number of carbonyl (C=O) groups is 1. The van der Waals surface area contributed by atoms with Gasteiger partial charge in [-0.15, -0.1) is 0 Å². The van der Waals surface area contributed by atoms with Gasteiger partial charge in [0.25, 0.3) is 0 Å². The lowest BCUT2D eigenvalue weighted by Gasteiger charge is -2.17. The number of hydrogen-bond acceptors (Lipinski definition) is 3. The first-order valence-corrected chi connectivity index (χ1v) is 6.99. The van der Waals surface area contributed by atoms with Crippen molar-refractivity contribution in [3.63, 3.8) is 0 Å². The van der Waals surface area contributed by atoms with Gasteiger partial charge in [0.2, 0.25) is 5.91 Å². The Morgan fingerprint density at radius 3 is 2.58 bits per heavy atom. The van der Waals surface area contributed by atoms with Crippen LogP contribution in [0.2, 0.25) is 0 Å². The smallest absolute Gasteiger partial charge is 0.249 e. The average Bonchev–Trinajstić information content (AvgIpc) is 2.43. The molecular formula is C15H25N3O. The molecule has 1 aromatic rings. The molecule has 0 aromatic heterocycles. The van der Waals surface area contributed by atoms with Crippen molar-refractivity contribution in [2.45, 2.75) is 26.8 Å². The lowest BCUT2D eigenvalue weighted by Crippen LogP contribution is -2.27. The highest BCUT2D eigenvalue weighted by molar-refractivity contribution is 5.94. The summed E-state index contributed by atoms with van der Waals surface area (Å²) in [5.41, 5.74) is 6.93. The Balaban J connectivity index is 2.32. The van der Waals surface area contributed by atoms with Gasteiger partial charge in [0.05, 0.1) is 0 Å². The third-order valence-corrected chi connectivity index (χ3v) is 3.32. The van der Waals surface area contributed by atoms with Crippen LogP contribution in [0.25, 0.3) is 0 Å². The van der Waals surface area contributed by atoms with Crippen molar-refractivity contribution in [3.8, 4) is 0 Å². The van der Waals surface area contributed by atoms with Crippen molar-refractivity contribution < 1.29 is 4.79 Å². The maximum absolute atomic E-state index is 11.3. The molecule has 0 aliphatic rings. The van der Waals surface area contributed by atoms with Crippen LogP contribution in [0, 0.1) is 0 Å². The molecule has 19 heavy (non-hydrogen) atoms. The summed E-state index contributed by atoms with van der Waals surface area (Å²) < 4.78 is 0. The second kappa shape index (κ2) is 8.67. The molecule has 0 aliphatic heterocycles. The maximum Gasteiger partial charge on any atom is 0.249 e. The first kappa shape index (κ1) is 15.7. The van der Waals surface area contributed by atoms with Gasteiger partial charge < -0.3 is 16.0 Å². The van der Waals surface area contributed by atoms with E-state index in [4.69, 9.17) is 5.73 Å². The Bertz CT molecular complexity index is 389.